The summed E-state index contributed by atoms with van der Waals surface area (Å²) in [5.74, 6) is -0.210. The highest BCUT2D eigenvalue weighted by atomic mass is 32.2. The second-order valence-electron chi connectivity index (χ2n) is 7.31. The number of ether oxygens (including phenoxy) is 2. The highest BCUT2D eigenvalue weighted by Gasteiger charge is 2.38. The first-order valence-corrected chi connectivity index (χ1v) is 11.2. The number of aryl methyl sites for hydroxylation is 3. The first-order valence-electron chi connectivity index (χ1n) is 9.74. The van der Waals surface area contributed by atoms with Gasteiger partial charge in [-0.3, -0.25) is 4.79 Å². The lowest BCUT2D eigenvalue weighted by atomic mass is 10.1. The summed E-state index contributed by atoms with van der Waals surface area (Å²) in [6.45, 7) is 5.49. The molecule has 2 heterocycles. The van der Waals surface area contributed by atoms with Gasteiger partial charge in [0.25, 0.3) is 5.91 Å². The molecule has 0 aliphatic carbocycles. The number of furan rings is 1. The number of carbonyl (C=O) groups is 2. The van der Waals surface area contributed by atoms with Gasteiger partial charge >= 0.3 is 5.97 Å². The summed E-state index contributed by atoms with van der Waals surface area (Å²) < 4.78 is 43.3. The van der Waals surface area contributed by atoms with E-state index in [0.29, 0.717) is 11.3 Å². The van der Waals surface area contributed by atoms with E-state index in [-0.39, 0.29) is 54.1 Å². The molecule has 2 aromatic rings. The minimum atomic E-state index is -4.01. The summed E-state index contributed by atoms with van der Waals surface area (Å²) in [4.78, 5) is 26.6. The van der Waals surface area contributed by atoms with Crippen LogP contribution in [0.3, 0.4) is 0 Å². The number of sulfonamides is 1. The van der Waals surface area contributed by atoms with Crippen LogP contribution < -0.4 is 4.74 Å². The number of benzene rings is 1. The van der Waals surface area contributed by atoms with Gasteiger partial charge in [0.05, 0.1) is 19.8 Å². The predicted octanol–water partition coefficient (Wildman–Crippen LogP) is 2.15. The van der Waals surface area contributed by atoms with Gasteiger partial charge in [-0.15, -0.1) is 0 Å². The van der Waals surface area contributed by atoms with Crippen molar-refractivity contribution in [3.63, 3.8) is 0 Å². The van der Waals surface area contributed by atoms with Crippen molar-refractivity contribution in [2.75, 3.05) is 40.4 Å². The third-order valence-electron chi connectivity index (χ3n) is 5.30. The number of piperazine rings is 1. The molecule has 0 saturated carbocycles. The van der Waals surface area contributed by atoms with Crippen molar-refractivity contribution in [3.05, 3.63) is 46.4 Å². The number of amides is 1. The SMILES string of the molecule is COC(=O)c1c(C)oc(C)c1S(=O)(=O)N1CCN(C(=O)c2cc(C)ccc2OC)CC1. The fourth-order valence-corrected chi connectivity index (χ4v) is 5.52. The number of nitrogens with zero attached hydrogens (tertiary/aromatic N) is 2. The minimum Gasteiger partial charge on any atom is -0.496 e. The fourth-order valence-electron chi connectivity index (χ4n) is 3.73. The summed E-state index contributed by atoms with van der Waals surface area (Å²) in [7, 11) is -1.33. The number of carbonyl (C=O) groups excluding carboxylic acids is 2. The first kappa shape index (κ1) is 22.8. The topological polar surface area (TPSA) is 106 Å². The molecule has 1 saturated heterocycles. The lowest BCUT2D eigenvalue weighted by molar-refractivity contribution is 0.0594. The Morgan fingerprint density at radius 3 is 2.23 bits per heavy atom. The molecule has 1 amide bonds. The Bertz CT molecular complexity index is 1110. The van der Waals surface area contributed by atoms with Crippen LogP contribution in [0.1, 0.15) is 37.8 Å². The summed E-state index contributed by atoms with van der Waals surface area (Å²) in [5, 5.41) is 0. The van der Waals surface area contributed by atoms with E-state index in [1.807, 2.05) is 13.0 Å². The summed E-state index contributed by atoms with van der Waals surface area (Å²) >= 11 is 0. The third-order valence-corrected chi connectivity index (χ3v) is 7.36. The molecule has 168 valence electrons. The molecule has 0 radical (unpaired) electrons. The van der Waals surface area contributed by atoms with E-state index in [1.165, 1.54) is 32.4 Å². The molecule has 0 unspecified atom stereocenters. The van der Waals surface area contributed by atoms with Crippen LogP contribution in [0.4, 0.5) is 0 Å². The minimum absolute atomic E-state index is 0.0898. The van der Waals surface area contributed by atoms with E-state index in [9.17, 15) is 18.0 Å². The smallest absolute Gasteiger partial charge is 0.342 e. The van der Waals surface area contributed by atoms with Crippen LogP contribution in [0.5, 0.6) is 5.75 Å². The molecule has 1 aromatic heterocycles. The van der Waals surface area contributed by atoms with Crippen molar-refractivity contribution in [2.24, 2.45) is 0 Å². The Kier molecular flexibility index (Phi) is 6.42. The zero-order chi connectivity index (χ0) is 22.9. The van der Waals surface area contributed by atoms with E-state index in [2.05, 4.69) is 0 Å². The quantitative estimate of drug-likeness (QED) is 0.643. The van der Waals surface area contributed by atoms with E-state index in [4.69, 9.17) is 13.9 Å². The first-order chi connectivity index (χ1) is 14.6. The van der Waals surface area contributed by atoms with E-state index in [0.717, 1.165) is 5.56 Å². The summed E-state index contributed by atoms with van der Waals surface area (Å²) in [6, 6.07) is 5.35. The largest absolute Gasteiger partial charge is 0.496 e. The van der Waals surface area contributed by atoms with Gasteiger partial charge in [-0.1, -0.05) is 11.6 Å². The number of esters is 1. The Labute approximate surface area is 181 Å². The fraction of sp³-hybridized carbons (Fsp3) is 0.429. The van der Waals surface area contributed by atoms with E-state index in [1.54, 1.807) is 17.0 Å². The predicted molar refractivity (Wildman–Crippen MR) is 112 cm³/mol. The maximum absolute atomic E-state index is 13.3. The molecular formula is C21H26N2O7S. The number of methoxy groups -OCH3 is 2. The summed E-state index contributed by atoms with van der Waals surface area (Å²) in [6.07, 6.45) is 0. The number of hydrogen-bond donors (Lipinski definition) is 0. The van der Waals surface area contributed by atoms with Gasteiger partial charge < -0.3 is 18.8 Å². The molecule has 0 atom stereocenters. The maximum atomic E-state index is 13.3. The highest BCUT2D eigenvalue weighted by Crippen LogP contribution is 2.31. The Hall–Kier alpha value is -2.85. The average Bonchev–Trinajstić information content (AvgIpc) is 3.07. The van der Waals surface area contributed by atoms with Gasteiger partial charge in [0, 0.05) is 26.2 Å². The molecule has 1 aromatic carbocycles. The van der Waals surface area contributed by atoms with Crippen molar-refractivity contribution in [2.45, 2.75) is 25.7 Å². The second kappa shape index (κ2) is 8.72. The zero-order valence-corrected chi connectivity index (χ0v) is 19.0. The Morgan fingerprint density at radius 1 is 1.00 bits per heavy atom. The lowest BCUT2D eigenvalue weighted by Gasteiger charge is -2.34. The molecule has 0 spiro atoms. The van der Waals surface area contributed by atoms with Crippen LogP contribution >= 0.6 is 0 Å². The van der Waals surface area contributed by atoms with Gasteiger partial charge in [0.1, 0.15) is 27.7 Å². The molecule has 9 nitrogen and oxygen atoms in total. The molecule has 1 aliphatic rings. The molecule has 10 heteroatoms. The molecule has 1 fully saturated rings. The standard InChI is InChI=1S/C21H26N2O7S/c1-13-6-7-17(28-4)16(12-13)20(24)22-8-10-23(11-9-22)31(26,27)19-15(3)30-14(2)18(19)21(25)29-5/h6-7,12H,8-11H2,1-5H3. The highest BCUT2D eigenvalue weighted by molar-refractivity contribution is 7.89. The van der Waals surface area contributed by atoms with Crippen molar-refractivity contribution in [1.82, 2.24) is 9.21 Å². The lowest BCUT2D eigenvalue weighted by Crippen LogP contribution is -2.50. The van der Waals surface area contributed by atoms with E-state index < -0.39 is 16.0 Å². The third kappa shape index (κ3) is 4.17. The van der Waals surface area contributed by atoms with E-state index >= 15 is 0 Å². The van der Waals surface area contributed by atoms with Crippen LogP contribution in [-0.4, -0.2) is 69.9 Å². The zero-order valence-electron chi connectivity index (χ0n) is 18.2. The van der Waals surface area contributed by atoms with Crippen molar-refractivity contribution in [3.8, 4) is 5.75 Å². The van der Waals surface area contributed by atoms with Crippen LogP contribution in [0.2, 0.25) is 0 Å². The monoisotopic (exact) mass is 450 g/mol. The molecular weight excluding hydrogens is 424 g/mol. The molecule has 0 bridgehead atoms. The van der Waals surface area contributed by atoms with Gasteiger partial charge in [0.2, 0.25) is 10.0 Å². The normalized spacial score (nSPS) is 15.1. The van der Waals surface area contributed by atoms with Crippen molar-refractivity contribution < 1.29 is 31.9 Å². The second-order valence-corrected chi connectivity index (χ2v) is 9.18. The van der Waals surface area contributed by atoms with Gasteiger partial charge in [-0.2, -0.15) is 4.31 Å². The van der Waals surface area contributed by atoms with Gasteiger partial charge in [0.15, 0.2) is 0 Å². The van der Waals surface area contributed by atoms with Gasteiger partial charge in [-0.25, -0.2) is 13.2 Å². The van der Waals surface area contributed by atoms with Crippen molar-refractivity contribution in [1.29, 1.82) is 0 Å². The summed E-state index contributed by atoms with van der Waals surface area (Å²) in [5.41, 5.74) is 1.27. The maximum Gasteiger partial charge on any atom is 0.342 e. The van der Waals surface area contributed by atoms with Gasteiger partial charge in [-0.05, 0) is 32.9 Å². The van der Waals surface area contributed by atoms with Crippen LogP contribution in [0, 0.1) is 20.8 Å². The number of rotatable bonds is 5. The average molecular weight is 451 g/mol. The Balaban J connectivity index is 1.82. The van der Waals surface area contributed by atoms with Crippen molar-refractivity contribution >= 4 is 21.9 Å². The van der Waals surface area contributed by atoms with Crippen LogP contribution in [0.15, 0.2) is 27.5 Å². The van der Waals surface area contributed by atoms with Crippen LogP contribution in [-0.2, 0) is 14.8 Å². The Morgan fingerprint density at radius 2 is 1.65 bits per heavy atom. The van der Waals surface area contributed by atoms with Crippen LogP contribution in [0.25, 0.3) is 0 Å². The molecule has 0 N–H and O–H groups in total. The molecule has 3 rings (SSSR count). The number of hydrogen-bond acceptors (Lipinski definition) is 7. The molecule has 31 heavy (non-hydrogen) atoms. The molecule has 1 aliphatic heterocycles.